The first kappa shape index (κ1) is 21.2. The summed E-state index contributed by atoms with van der Waals surface area (Å²) in [5.41, 5.74) is -0.448. The number of amides is 1. The van der Waals surface area contributed by atoms with Crippen LogP contribution in [0.3, 0.4) is 0 Å². The minimum atomic E-state index is -3.80. The van der Waals surface area contributed by atoms with Crippen LogP contribution in [0.15, 0.2) is 29.4 Å². The summed E-state index contributed by atoms with van der Waals surface area (Å²) >= 11 is 5.91. The third kappa shape index (κ3) is 4.26. The number of rotatable bonds is 4. The molecule has 0 saturated carbocycles. The molecule has 1 aliphatic heterocycles. The number of sulfonamides is 1. The smallest absolute Gasteiger partial charge is 0.282 e. The lowest BCUT2D eigenvalue weighted by molar-refractivity contribution is -0.385. The lowest BCUT2D eigenvalue weighted by Crippen LogP contribution is -2.37. The van der Waals surface area contributed by atoms with Crippen LogP contribution in [0, 0.1) is 17.0 Å². The number of nitro benzene ring substituents is 1. The molecular weight excluding hydrogens is 422 g/mol. The van der Waals surface area contributed by atoms with Crippen LogP contribution >= 0.6 is 11.6 Å². The van der Waals surface area contributed by atoms with Gasteiger partial charge in [-0.25, -0.2) is 13.4 Å². The van der Waals surface area contributed by atoms with Crippen LogP contribution in [-0.2, 0) is 17.1 Å². The normalized spacial score (nSPS) is 15.9. The van der Waals surface area contributed by atoms with Gasteiger partial charge in [-0.15, -0.1) is 0 Å². The Balaban J connectivity index is 1.81. The van der Waals surface area contributed by atoms with E-state index in [4.69, 9.17) is 11.6 Å². The molecule has 1 aromatic heterocycles. The van der Waals surface area contributed by atoms with Crippen molar-refractivity contribution in [1.29, 1.82) is 0 Å². The third-order valence-electron chi connectivity index (χ3n) is 4.82. The predicted molar refractivity (Wildman–Crippen MR) is 105 cm³/mol. The molecule has 2 heterocycles. The fraction of sp³-hybridized carbons (Fsp3) is 0.412. The molecule has 3 rings (SSSR count). The van der Waals surface area contributed by atoms with E-state index in [0.717, 1.165) is 0 Å². The summed E-state index contributed by atoms with van der Waals surface area (Å²) in [5, 5.41) is 11.4. The molecular formula is C17H20ClN5O5S. The molecule has 1 aromatic carbocycles. The van der Waals surface area contributed by atoms with Crippen molar-refractivity contribution in [3.8, 4) is 0 Å². The molecule has 0 atom stereocenters. The van der Waals surface area contributed by atoms with Crippen LogP contribution < -0.4 is 0 Å². The predicted octanol–water partition coefficient (Wildman–Crippen LogP) is 1.83. The summed E-state index contributed by atoms with van der Waals surface area (Å²) in [7, 11) is -2.08. The lowest BCUT2D eigenvalue weighted by Gasteiger charge is -2.21. The summed E-state index contributed by atoms with van der Waals surface area (Å²) in [4.78, 5) is 29.0. The van der Waals surface area contributed by atoms with E-state index >= 15 is 0 Å². The molecule has 1 amide bonds. The second-order valence-corrected chi connectivity index (χ2v) is 9.03. The highest BCUT2D eigenvalue weighted by Gasteiger charge is 2.32. The number of nitrogens with zero attached hydrogens (tertiary/aromatic N) is 5. The topological polar surface area (TPSA) is 119 Å². The lowest BCUT2D eigenvalue weighted by atomic mass is 10.1. The maximum atomic E-state index is 12.9. The van der Waals surface area contributed by atoms with Crippen molar-refractivity contribution in [2.75, 3.05) is 26.2 Å². The van der Waals surface area contributed by atoms with Crippen LogP contribution in [0.2, 0.25) is 5.02 Å². The summed E-state index contributed by atoms with van der Waals surface area (Å²) < 4.78 is 28.7. The minimum absolute atomic E-state index is 0.0391. The Morgan fingerprint density at radius 2 is 1.97 bits per heavy atom. The Hall–Kier alpha value is -2.50. The van der Waals surface area contributed by atoms with Gasteiger partial charge in [0.05, 0.1) is 4.92 Å². The number of imidazole rings is 1. The molecule has 1 fully saturated rings. The quantitative estimate of drug-likeness (QED) is 0.527. The maximum absolute atomic E-state index is 12.9. The van der Waals surface area contributed by atoms with Crippen molar-refractivity contribution in [2.24, 2.45) is 7.05 Å². The highest BCUT2D eigenvalue weighted by molar-refractivity contribution is 7.89. The molecule has 2 aromatic rings. The van der Waals surface area contributed by atoms with Gasteiger partial charge in [-0.05, 0) is 25.5 Å². The molecule has 29 heavy (non-hydrogen) atoms. The molecule has 1 saturated heterocycles. The van der Waals surface area contributed by atoms with E-state index in [1.165, 1.54) is 33.6 Å². The van der Waals surface area contributed by atoms with E-state index in [-0.39, 0.29) is 47.5 Å². The van der Waals surface area contributed by atoms with Crippen LogP contribution in [-0.4, -0.2) is 64.2 Å². The van der Waals surface area contributed by atoms with Gasteiger partial charge < -0.3 is 9.47 Å². The van der Waals surface area contributed by atoms with Gasteiger partial charge in [0.1, 0.15) is 11.4 Å². The Bertz CT molecular complexity index is 1050. The van der Waals surface area contributed by atoms with Gasteiger partial charge in [0.15, 0.2) is 5.03 Å². The fourth-order valence-corrected chi connectivity index (χ4v) is 4.80. The largest absolute Gasteiger partial charge is 0.337 e. The number of carbonyl (C=O) groups excluding carboxylic acids is 1. The number of carbonyl (C=O) groups is 1. The number of halogens is 1. The van der Waals surface area contributed by atoms with E-state index in [2.05, 4.69) is 4.98 Å². The van der Waals surface area contributed by atoms with Gasteiger partial charge >= 0.3 is 0 Å². The van der Waals surface area contributed by atoms with Crippen LogP contribution in [0.1, 0.15) is 22.6 Å². The average molecular weight is 442 g/mol. The average Bonchev–Trinajstić information content (AvgIpc) is 2.86. The summed E-state index contributed by atoms with van der Waals surface area (Å²) in [5.74, 6) is 0.0237. The molecule has 1 aliphatic rings. The van der Waals surface area contributed by atoms with Crippen LogP contribution in [0.4, 0.5) is 5.69 Å². The zero-order valence-electron chi connectivity index (χ0n) is 15.9. The van der Waals surface area contributed by atoms with E-state index < -0.39 is 20.9 Å². The van der Waals surface area contributed by atoms with Crippen molar-refractivity contribution in [1.82, 2.24) is 18.8 Å². The van der Waals surface area contributed by atoms with Crippen molar-refractivity contribution < 1.29 is 18.1 Å². The Morgan fingerprint density at radius 1 is 1.24 bits per heavy atom. The molecule has 0 N–H and O–H groups in total. The van der Waals surface area contributed by atoms with E-state index in [9.17, 15) is 23.3 Å². The molecule has 0 radical (unpaired) electrons. The number of aryl methyl sites for hydroxylation is 2. The SMILES string of the molecule is Cc1nc(S(=O)(=O)N2CCCN(C(=O)c3cc(Cl)ccc3[N+](=O)[O-])CC2)cn1C. The van der Waals surface area contributed by atoms with Gasteiger partial charge in [0.25, 0.3) is 21.6 Å². The van der Waals surface area contributed by atoms with Gasteiger partial charge in [-0.3, -0.25) is 14.9 Å². The Kier molecular flexibility index (Phi) is 5.92. The van der Waals surface area contributed by atoms with Crippen LogP contribution in [0.25, 0.3) is 0 Å². The maximum Gasteiger partial charge on any atom is 0.282 e. The first-order chi connectivity index (χ1) is 13.6. The van der Waals surface area contributed by atoms with Crippen molar-refractivity contribution >= 4 is 33.2 Å². The van der Waals surface area contributed by atoms with Crippen molar-refractivity contribution in [3.63, 3.8) is 0 Å². The minimum Gasteiger partial charge on any atom is -0.337 e. The van der Waals surface area contributed by atoms with E-state index in [1.807, 2.05) is 0 Å². The number of nitro groups is 1. The van der Waals surface area contributed by atoms with Gasteiger partial charge in [0, 0.05) is 50.5 Å². The molecule has 0 spiro atoms. The highest BCUT2D eigenvalue weighted by atomic mass is 35.5. The molecule has 0 bridgehead atoms. The van der Waals surface area contributed by atoms with Gasteiger partial charge in [-0.1, -0.05) is 11.6 Å². The fourth-order valence-electron chi connectivity index (χ4n) is 3.13. The highest BCUT2D eigenvalue weighted by Crippen LogP contribution is 2.25. The second kappa shape index (κ2) is 8.09. The number of benzene rings is 1. The Morgan fingerprint density at radius 3 is 2.59 bits per heavy atom. The first-order valence-corrected chi connectivity index (χ1v) is 10.7. The zero-order chi connectivity index (χ0) is 21.3. The standard InChI is InChI=1S/C17H20ClN5O5S/c1-12-19-16(11-20(12)2)29(27,28)22-7-3-6-21(8-9-22)17(24)14-10-13(18)4-5-15(14)23(25)26/h4-5,10-11H,3,6-9H2,1-2H3. The second-order valence-electron chi connectivity index (χ2n) is 6.71. The number of hydrogen-bond acceptors (Lipinski definition) is 6. The Labute approximate surface area is 172 Å². The number of hydrogen-bond donors (Lipinski definition) is 0. The third-order valence-corrected chi connectivity index (χ3v) is 6.82. The summed E-state index contributed by atoms with van der Waals surface area (Å²) in [6.07, 6.45) is 1.85. The number of aromatic nitrogens is 2. The zero-order valence-corrected chi connectivity index (χ0v) is 17.5. The van der Waals surface area contributed by atoms with Crippen molar-refractivity contribution in [2.45, 2.75) is 18.4 Å². The van der Waals surface area contributed by atoms with Gasteiger partial charge in [-0.2, -0.15) is 4.31 Å². The summed E-state index contributed by atoms with van der Waals surface area (Å²) in [6.45, 7) is 2.38. The van der Waals surface area contributed by atoms with E-state index in [1.54, 1.807) is 18.5 Å². The molecule has 0 unspecified atom stereocenters. The molecule has 156 valence electrons. The molecule has 0 aliphatic carbocycles. The van der Waals surface area contributed by atoms with E-state index in [0.29, 0.717) is 12.2 Å². The first-order valence-electron chi connectivity index (χ1n) is 8.84. The van der Waals surface area contributed by atoms with Crippen LogP contribution in [0.5, 0.6) is 0 Å². The van der Waals surface area contributed by atoms with Crippen molar-refractivity contribution in [3.05, 3.63) is 50.9 Å². The summed E-state index contributed by atoms with van der Waals surface area (Å²) in [6, 6.07) is 3.80. The van der Waals surface area contributed by atoms with Gasteiger partial charge in [0.2, 0.25) is 0 Å². The molecule has 10 nitrogen and oxygen atoms in total. The molecule has 12 heteroatoms. The monoisotopic (exact) mass is 441 g/mol.